The van der Waals surface area contributed by atoms with Gasteiger partial charge in [-0.3, -0.25) is 4.79 Å². The number of quaternary nitrogens is 1. The Bertz CT molecular complexity index is 1070. The summed E-state index contributed by atoms with van der Waals surface area (Å²) in [6.45, 7) is 3.80. The van der Waals surface area contributed by atoms with Crippen molar-refractivity contribution in [3.63, 3.8) is 0 Å². The van der Waals surface area contributed by atoms with Gasteiger partial charge in [0, 0.05) is 19.4 Å². The van der Waals surface area contributed by atoms with Crippen LogP contribution in [0.25, 0.3) is 0 Å². The molecule has 3 rings (SSSR count). The molecular weight excluding hydrogens is 464 g/mol. The van der Waals surface area contributed by atoms with Crippen molar-refractivity contribution < 1.29 is 39.0 Å². The lowest BCUT2D eigenvalue weighted by molar-refractivity contribution is -0.697. The van der Waals surface area contributed by atoms with Gasteiger partial charge in [0.1, 0.15) is 6.04 Å². The Morgan fingerprint density at radius 1 is 1.08 bits per heavy atom. The van der Waals surface area contributed by atoms with E-state index in [0.29, 0.717) is 24.3 Å². The number of carbonyl (C=O) groups is 3. The number of methoxy groups -OCH3 is 2. The van der Waals surface area contributed by atoms with Crippen LogP contribution >= 0.6 is 0 Å². The maximum Gasteiger partial charge on any atom is 0.364 e. The predicted octanol–water partition coefficient (Wildman–Crippen LogP) is 1.56. The normalized spacial score (nSPS) is 16.4. The molecule has 1 amide bonds. The van der Waals surface area contributed by atoms with Crippen molar-refractivity contribution in [2.75, 3.05) is 20.8 Å². The van der Waals surface area contributed by atoms with Crippen molar-refractivity contribution in [3.05, 3.63) is 59.2 Å². The topological polar surface area (TPSA) is 119 Å². The fraction of sp³-hybridized carbons (Fsp3) is 0.444. The number of amides is 1. The number of carboxylic acids is 1. The average molecular weight is 500 g/mol. The number of rotatable bonds is 11. The van der Waals surface area contributed by atoms with Crippen molar-refractivity contribution in [2.24, 2.45) is 0 Å². The third kappa shape index (κ3) is 6.34. The Morgan fingerprint density at radius 2 is 1.72 bits per heavy atom. The van der Waals surface area contributed by atoms with Gasteiger partial charge in [-0.25, -0.2) is 9.59 Å². The maximum absolute atomic E-state index is 13.5. The third-order valence-corrected chi connectivity index (χ3v) is 6.49. The van der Waals surface area contributed by atoms with Gasteiger partial charge in [-0.15, -0.1) is 0 Å². The molecule has 0 saturated carbocycles. The van der Waals surface area contributed by atoms with E-state index < -0.39 is 24.1 Å². The lowest BCUT2D eigenvalue weighted by atomic mass is 9.92. The van der Waals surface area contributed by atoms with Crippen molar-refractivity contribution in [3.8, 4) is 11.5 Å². The number of fused-ring (bicyclic) bond motifs is 1. The molecule has 0 bridgehead atoms. The Labute approximate surface area is 211 Å². The van der Waals surface area contributed by atoms with Crippen molar-refractivity contribution in [2.45, 2.75) is 57.8 Å². The van der Waals surface area contributed by atoms with Gasteiger partial charge in [0.05, 0.1) is 20.8 Å². The highest BCUT2D eigenvalue weighted by Crippen LogP contribution is 2.35. The Morgan fingerprint density at radius 3 is 2.31 bits per heavy atom. The first kappa shape index (κ1) is 27.0. The molecule has 2 aromatic carbocycles. The number of nitrogens with two attached hydrogens (primary N) is 1. The van der Waals surface area contributed by atoms with Gasteiger partial charge in [0.25, 0.3) is 5.91 Å². The quantitative estimate of drug-likeness (QED) is 0.451. The molecule has 9 heteroatoms. The first-order valence-corrected chi connectivity index (χ1v) is 12.1. The molecule has 3 N–H and O–H groups in total. The molecule has 36 heavy (non-hydrogen) atoms. The largest absolute Gasteiger partial charge is 0.493 e. The summed E-state index contributed by atoms with van der Waals surface area (Å²) in [4.78, 5) is 39.7. The van der Waals surface area contributed by atoms with Gasteiger partial charge in [-0.1, -0.05) is 30.3 Å². The van der Waals surface area contributed by atoms with Crippen LogP contribution in [0, 0.1) is 0 Å². The average Bonchev–Trinajstić information content (AvgIpc) is 2.89. The lowest BCUT2D eigenvalue weighted by Gasteiger charge is -2.36. The summed E-state index contributed by atoms with van der Waals surface area (Å²) in [6.07, 6.45) is 1.29. The number of ether oxygens (including phenoxy) is 3. The van der Waals surface area contributed by atoms with E-state index in [-0.39, 0.29) is 31.4 Å². The van der Waals surface area contributed by atoms with Gasteiger partial charge in [-0.05, 0) is 49.1 Å². The number of carboxylic acid groups (broad SMARTS) is 1. The molecule has 1 aliphatic heterocycles. The molecule has 0 aromatic heterocycles. The molecule has 3 atom stereocenters. The smallest absolute Gasteiger partial charge is 0.364 e. The Balaban J connectivity index is 1.79. The fourth-order valence-corrected chi connectivity index (χ4v) is 4.57. The molecule has 0 aliphatic carbocycles. The summed E-state index contributed by atoms with van der Waals surface area (Å²) >= 11 is 0. The van der Waals surface area contributed by atoms with E-state index in [1.54, 1.807) is 31.3 Å². The highest BCUT2D eigenvalue weighted by atomic mass is 16.5. The molecule has 0 saturated heterocycles. The number of carbonyl (C=O) groups excluding carboxylic acids is 2. The number of nitrogens with zero attached hydrogens (tertiary/aromatic N) is 1. The van der Waals surface area contributed by atoms with Gasteiger partial charge < -0.3 is 29.5 Å². The monoisotopic (exact) mass is 499 g/mol. The summed E-state index contributed by atoms with van der Waals surface area (Å²) in [5.74, 6) is -0.791. The van der Waals surface area contributed by atoms with Crippen molar-refractivity contribution >= 4 is 17.8 Å². The van der Waals surface area contributed by atoms with Crippen LogP contribution < -0.4 is 14.8 Å². The van der Waals surface area contributed by atoms with Crippen LogP contribution in [0.1, 0.15) is 37.0 Å². The van der Waals surface area contributed by atoms with E-state index in [1.807, 2.05) is 30.3 Å². The molecule has 0 spiro atoms. The minimum Gasteiger partial charge on any atom is -0.493 e. The number of esters is 1. The van der Waals surface area contributed by atoms with E-state index >= 15 is 0 Å². The molecule has 1 aliphatic rings. The van der Waals surface area contributed by atoms with Crippen LogP contribution in [-0.4, -0.2) is 66.8 Å². The Hall–Kier alpha value is -3.59. The molecule has 2 aromatic rings. The van der Waals surface area contributed by atoms with Crippen molar-refractivity contribution in [1.82, 2.24) is 4.90 Å². The zero-order valence-electron chi connectivity index (χ0n) is 21.2. The first-order chi connectivity index (χ1) is 17.3. The van der Waals surface area contributed by atoms with Gasteiger partial charge in [-0.2, -0.15) is 0 Å². The number of aryl methyl sites for hydroxylation is 1. The highest BCUT2D eigenvalue weighted by Gasteiger charge is 2.39. The van der Waals surface area contributed by atoms with E-state index in [9.17, 15) is 19.5 Å². The van der Waals surface area contributed by atoms with Gasteiger partial charge in [0.15, 0.2) is 23.6 Å². The molecule has 0 radical (unpaired) electrons. The van der Waals surface area contributed by atoms with Crippen LogP contribution in [0.2, 0.25) is 0 Å². The molecule has 9 nitrogen and oxygen atoms in total. The standard InChI is InChI=1S/C27H34N2O7/c1-5-36-27(33)21(12-11-18-9-7-6-8-10-18)28-17(2)25(30)29-16-20-15-24(35-4)23(34-3)14-19(20)13-22(29)26(31)32/h6-10,14-15,17,21-22,28H,5,11-13,16H2,1-4H3,(H,31,32)/p+1/t17-,21-,22-/m0/s1. The molecular formula is C27H35N2O7+. The number of hydrogen-bond acceptors (Lipinski definition) is 6. The summed E-state index contributed by atoms with van der Waals surface area (Å²) in [5, 5.41) is 11.6. The number of aliphatic carboxylic acids is 1. The first-order valence-electron chi connectivity index (χ1n) is 12.1. The summed E-state index contributed by atoms with van der Waals surface area (Å²) < 4.78 is 16.0. The van der Waals surface area contributed by atoms with E-state index in [2.05, 4.69) is 0 Å². The lowest BCUT2D eigenvalue weighted by Crippen LogP contribution is -2.98. The molecule has 1 heterocycles. The second-order valence-electron chi connectivity index (χ2n) is 8.86. The van der Waals surface area contributed by atoms with Gasteiger partial charge in [0.2, 0.25) is 0 Å². The second-order valence-corrected chi connectivity index (χ2v) is 8.86. The summed E-state index contributed by atoms with van der Waals surface area (Å²) in [5.41, 5.74) is 2.69. The number of benzene rings is 2. The fourth-order valence-electron chi connectivity index (χ4n) is 4.57. The van der Waals surface area contributed by atoms with Crippen LogP contribution in [0.15, 0.2) is 42.5 Å². The second kappa shape index (κ2) is 12.4. The Kier molecular flexibility index (Phi) is 9.30. The minimum absolute atomic E-state index is 0.123. The van der Waals surface area contributed by atoms with Crippen LogP contribution in [0.3, 0.4) is 0 Å². The molecule has 0 unspecified atom stereocenters. The molecule has 194 valence electrons. The summed E-state index contributed by atoms with van der Waals surface area (Å²) in [7, 11) is 3.05. The zero-order valence-corrected chi connectivity index (χ0v) is 21.2. The van der Waals surface area contributed by atoms with Gasteiger partial charge >= 0.3 is 11.9 Å². The summed E-state index contributed by atoms with van der Waals surface area (Å²) in [6, 6.07) is 11.0. The van der Waals surface area contributed by atoms with E-state index in [0.717, 1.165) is 16.7 Å². The maximum atomic E-state index is 13.5. The SMILES string of the molecule is CCOC(=O)[C@H](CCc1ccccc1)[NH2+][C@@H](C)C(=O)N1Cc2cc(OC)c(OC)cc2C[C@H]1C(=O)O. The van der Waals surface area contributed by atoms with Crippen LogP contribution in [0.4, 0.5) is 0 Å². The zero-order chi connectivity index (χ0) is 26.2. The van der Waals surface area contributed by atoms with Crippen LogP contribution in [0.5, 0.6) is 11.5 Å². The predicted molar refractivity (Wildman–Crippen MR) is 132 cm³/mol. The highest BCUT2D eigenvalue weighted by molar-refractivity contribution is 5.87. The minimum atomic E-state index is -1.08. The van der Waals surface area contributed by atoms with E-state index in [1.165, 1.54) is 19.1 Å². The van der Waals surface area contributed by atoms with Crippen molar-refractivity contribution in [1.29, 1.82) is 0 Å². The number of hydrogen-bond donors (Lipinski definition) is 2. The van der Waals surface area contributed by atoms with E-state index in [4.69, 9.17) is 14.2 Å². The van der Waals surface area contributed by atoms with Crippen LogP contribution in [-0.2, 0) is 38.5 Å². The third-order valence-electron chi connectivity index (χ3n) is 6.49. The molecule has 0 fully saturated rings.